The van der Waals surface area contributed by atoms with Crippen LogP contribution in [0.2, 0.25) is 10.0 Å². The minimum absolute atomic E-state index is 0.191. The van der Waals surface area contributed by atoms with Crippen molar-refractivity contribution in [2.24, 2.45) is 0 Å². The lowest BCUT2D eigenvalue weighted by Gasteiger charge is -2.08. The smallest absolute Gasteiger partial charge is 0.339 e. The average Bonchev–Trinajstić information content (AvgIpc) is 2.62. The quantitative estimate of drug-likeness (QED) is 0.432. The van der Waals surface area contributed by atoms with Crippen LogP contribution in [0.15, 0.2) is 36.4 Å². The van der Waals surface area contributed by atoms with Gasteiger partial charge in [-0.2, -0.15) is 0 Å². The van der Waals surface area contributed by atoms with E-state index in [0.717, 1.165) is 12.1 Å². The molecule has 12 heteroatoms. The van der Waals surface area contributed by atoms with E-state index in [9.17, 15) is 29.8 Å². The number of nitro benzene ring substituents is 2. The highest BCUT2D eigenvalue weighted by molar-refractivity contribution is 6.35. The van der Waals surface area contributed by atoms with Crippen molar-refractivity contribution in [1.29, 1.82) is 0 Å². The van der Waals surface area contributed by atoms with Crippen LogP contribution in [0.5, 0.6) is 0 Å². The van der Waals surface area contributed by atoms with Crippen LogP contribution in [0.4, 0.5) is 17.1 Å². The molecule has 1 amide bonds. The molecule has 2 rings (SSSR count). The fourth-order valence-electron chi connectivity index (χ4n) is 1.92. The molecule has 2 aromatic carbocycles. The van der Waals surface area contributed by atoms with Crippen molar-refractivity contribution in [3.8, 4) is 0 Å². The Morgan fingerprint density at radius 2 is 1.59 bits per heavy atom. The molecule has 0 aliphatic rings. The minimum atomic E-state index is -1.14. The monoisotopic (exact) mass is 413 g/mol. The number of nitro groups is 2. The van der Waals surface area contributed by atoms with E-state index in [1.807, 2.05) is 0 Å². The van der Waals surface area contributed by atoms with Gasteiger partial charge >= 0.3 is 5.97 Å². The molecule has 0 atom stereocenters. The van der Waals surface area contributed by atoms with Gasteiger partial charge in [-0.25, -0.2) is 4.79 Å². The molecule has 0 aliphatic carbocycles. The number of anilines is 1. The van der Waals surface area contributed by atoms with Crippen LogP contribution in [0.3, 0.4) is 0 Å². The molecule has 0 saturated carbocycles. The van der Waals surface area contributed by atoms with Gasteiger partial charge in [0, 0.05) is 17.2 Å². The predicted molar refractivity (Wildman–Crippen MR) is 95.1 cm³/mol. The zero-order chi connectivity index (χ0) is 20.1. The molecule has 0 bridgehead atoms. The summed E-state index contributed by atoms with van der Waals surface area (Å²) in [7, 11) is 0. The number of esters is 1. The number of nitrogens with zero attached hydrogens (tertiary/aromatic N) is 2. The summed E-state index contributed by atoms with van der Waals surface area (Å²) in [5.74, 6) is -1.90. The lowest BCUT2D eigenvalue weighted by molar-refractivity contribution is -0.394. The van der Waals surface area contributed by atoms with Gasteiger partial charge < -0.3 is 10.1 Å². The van der Waals surface area contributed by atoms with Crippen molar-refractivity contribution in [3.05, 3.63) is 72.2 Å². The molecule has 0 aliphatic heterocycles. The molecule has 0 radical (unpaired) electrons. The summed E-state index contributed by atoms with van der Waals surface area (Å²) in [6.07, 6.45) is 0. The predicted octanol–water partition coefficient (Wildman–Crippen LogP) is 3.61. The van der Waals surface area contributed by atoms with Crippen LogP contribution in [-0.4, -0.2) is 28.3 Å². The number of non-ortho nitro benzene ring substituents is 2. The first kappa shape index (κ1) is 20.1. The zero-order valence-electron chi connectivity index (χ0n) is 13.2. The maximum absolute atomic E-state index is 12.0. The Labute approximate surface area is 160 Å². The van der Waals surface area contributed by atoms with Crippen LogP contribution in [0, 0.1) is 20.2 Å². The molecule has 0 spiro atoms. The lowest BCUT2D eigenvalue weighted by Crippen LogP contribution is -2.21. The number of benzene rings is 2. The molecule has 10 nitrogen and oxygen atoms in total. The number of halogens is 2. The summed E-state index contributed by atoms with van der Waals surface area (Å²) in [6.45, 7) is -0.752. The van der Waals surface area contributed by atoms with Crippen LogP contribution in [-0.2, 0) is 9.53 Å². The number of carbonyl (C=O) groups excluding carboxylic acids is 2. The first-order valence-corrected chi connectivity index (χ1v) is 7.79. The summed E-state index contributed by atoms with van der Waals surface area (Å²) in [4.78, 5) is 43.7. The molecule has 0 fully saturated rings. The molecule has 140 valence electrons. The number of carbonyl (C=O) groups is 2. The Kier molecular flexibility index (Phi) is 6.27. The highest BCUT2D eigenvalue weighted by atomic mass is 35.5. The van der Waals surface area contributed by atoms with E-state index in [4.69, 9.17) is 27.9 Å². The van der Waals surface area contributed by atoms with Gasteiger partial charge in [0.25, 0.3) is 17.3 Å². The van der Waals surface area contributed by atoms with E-state index >= 15 is 0 Å². The van der Waals surface area contributed by atoms with Gasteiger partial charge in [0.05, 0.1) is 32.2 Å². The van der Waals surface area contributed by atoms with Crippen LogP contribution >= 0.6 is 23.2 Å². The van der Waals surface area contributed by atoms with E-state index in [-0.39, 0.29) is 10.7 Å². The molecule has 27 heavy (non-hydrogen) atoms. The van der Waals surface area contributed by atoms with Crippen LogP contribution < -0.4 is 5.32 Å². The highest BCUT2D eigenvalue weighted by Crippen LogP contribution is 2.25. The number of rotatable bonds is 6. The summed E-state index contributed by atoms with van der Waals surface area (Å²) in [5.41, 5.74) is -1.57. The van der Waals surface area contributed by atoms with Crippen molar-refractivity contribution in [2.75, 3.05) is 11.9 Å². The molecular formula is C15H9Cl2N3O7. The Bertz CT molecular complexity index is 917. The maximum Gasteiger partial charge on any atom is 0.339 e. The van der Waals surface area contributed by atoms with E-state index < -0.39 is 45.3 Å². The van der Waals surface area contributed by atoms with Crippen molar-refractivity contribution in [2.45, 2.75) is 0 Å². The standard InChI is InChI=1S/C15H9Cl2N3O7/c16-9-1-2-12(17)13(5-9)18-14(21)7-27-15(22)8-3-10(19(23)24)6-11(4-8)20(25)26/h1-6H,7H2,(H,18,21). The normalized spacial score (nSPS) is 10.1. The number of hydrogen-bond acceptors (Lipinski definition) is 7. The van der Waals surface area contributed by atoms with Gasteiger partial charge in [-0.1, -0.05) is 23.2 Å². The topological polar surface area (TPSA) is 142 Å². The van der Waals surface area contributed by atoms with Crippen molar-refractivity contribution in [3.63, 3.8) is 0 Å². The Balaban J connectivity index is 2.08. The number of hydrogen-bond donors (Lipinski definition) is 1. The third-order valence-corrected chi connectivity index (χ3v) is 3.66. The summed E-state index contributed by atoms with van der Waals surface area (Å²) in [6, 6.07) is 6.66. The van der Waals surface area contributed by atoms with E-state index in [0.29, 0.717) is 11.1 Å². The van der Waals surface area contributed by atoms with E-state index in [2.05, 4.69) is 5.32 Å². The van der Waals surface area contributed by atoms with Crippen molar-refractivity contribution >= 4 is 52.1 Å². The molecular weight excluding hydrogens is 405 g/mol. The second-order valence-corrected chi connectivity index (χ2v) is 5.84. The minimum Gasteiger partial charge on any atom is -0.452 e. The molecule has 0 aromatic heterocycles. The van der Waals surface area contributed by atoms with Gasteiger partial charge in [0.2, 0.25) is 0 Å². The van der Waals surface area contributed by atoms with Crippen molar-refractivity contribution < 1.29 is 24.2 Å². The largest absolute Gasteiger partial charge is 0.452 e. The van der Waals surface area contributed by atoms with E-state index in [1.54, 1.807) is 0 Å². The van der Waals surface area contributed by atoms with Crippen LogP contribution in [0.25, 0.3) is 0 Å². The Morgan fingerprint density at radius 1 is 1.00 bits per heavy atom. The fraction of sp³-hybridized carbons (Fsp3) is 0.0667. The third kappa shape index (κ3) is 5.36. The second-order valence-electron chi connectivity index (χ2n) is 5.00. The molecule has 0 saturated heterocycles. The molecule has 2 aromatic rings. The SMILES string of the molecule is O=C(COC(=O)c1cc([N+](=O)[O-])cc([N+](=O)[O-])c1)Nc1cc(Cl)ccc1Cl. The molecule has 1 N–H and O–H groups in total. The van der Waals surface area contributed by atoms with E-state index in [1.165, 1.54) is 18.2 Å². The number of nitrogens with one attached hydrogen (secondary N) is 1. The van der Waals surface area contributed by atoms with Gasteiger partial charge in [-0.05, 0) is 18.2 Å². The summed E-state index contributed by atoms with van der Waals surface area (Å²) in [5, 5.41) is 24.5. The van der Waals surface area contributed by atoms with Gasteiger partial charge in [-0.15, -0.1) is 0 Å². The highest BCUT2D eigenvalue weighted by Gasteiger charge is 2.21. The first-order valence-electron chi connectivity index (χ1n) is 7.03. The summed E-state index contributed by atoms with van der Waals surface area (Å²) >= 11 is 11.7. The van der Waals surface area contributed by atoms with Gasteiger partial charge in [0.1, 0.15) is 0 Å². The summed E-state index contributed by atoms with van der Waals surface area (Å²) < 4.78 is 4.73. The Hall–Kier alpha value is -3.24. The second kappa shape index (κ2) is 8.43. The third-order valence-electron chi connectivity index (χ3n) is 3.10. The fourth-order valence-corrected chi connectivity index (χ4v) is 2.25. The lowest BCUT2D eigenvalue weighted by atomic mass is 10.2. The van der Waals surface area contributed by atoms with Gasteiger partial charge in [0.15, 0.2) is 6.61 Å². The average molecular weight is 414 g/mol. The Morgan fingerprint density at radius 3 is 2.15 bits per heavy atom. The van der Waals surface area contributed by atoms with Crippen molar-refractivity contribution in [1.82, 2.24) is 0 Å². The zero-order valence-corrected chi connectivity index (χ0v) is 14.7. The first-order chi connectivity index (χ1) is 12.7. The maximum atomic E-state index is 12.0. The molecule has 0 heterocycles. The number of ether oxygens (including phenoxy) is 1. The number of amides is 1. The molecule has 0 unspecified atom stereocenters. The van der Waals surface area contributed by atoms with Gasteiger partial charge in [-0.3, -0.25) is 25.0 Å². The van der Waals surface area contributed by atoms with Crippen LogP contribution in [0.1, 0.15) is 10.4 Å².